The molecule has 3 aliphatic rings. The highest BCUT2D eigenvalue weighted by molar-refractivity contribution is 6.05. The molecule has 1 heterocycles. The highest BCUT2D eigenvalue weighted by Crippen LogP contribution is 2.37. The van der Waals surface area contributed by atoms with Gasteiger partial charge in [-0.1, -0.05) is 12.8 Å². The highest BCUT2D eigenvalue weighted by atomic mass is 16.2. The van der Waals surface area contributed by atoms with Crippen molar-refractivity contribution in [3.63, 3.8) is 0 Å². The Kier molecular flexibility index (Phi) is 4.13. The van der Waals surface area contributed by atoms with Crippen LogP contribution in [0.2, 0.25) is 0 Å². The second-order valence-electron chi connectivity index (χ2n) is 6.39. The van der Waals surface area contributed by atoms with Crippen LogP contribution in [-0.4, -0.2) is 35.1 Å². The molecule has 7 heteroatoms. The highest BCUT2D eigenvalue weighted by Gasteiger charge is 2.47. The number of fused-ring (bicyclic) bond motifs is 1. The molecule has 2 saturated carbocycles. The monoisotopic (exact) mass is 307 g/mol. The van der Waals surface area contributed by atoms with Gasteiger partial charge in [0.2, 0.25) is 23.6 Å². The predicted molar refractivity (Wildman–Crippen MR) is 75.8 cm³/mol. The van der Waals surface area contributed by atoms with Gasteiger partial charge in [-0.25, -0.2) is 0 Å². The molecular weight excluding hydrogens is 286 g/mol. The molecule has 0 radical (unpaired) electrons. The van der Waals surface area contributed by atoms with Crippen LogP contribution in [0, 0.1) is 17.8 Å². The average molecular weight is 307 g/mol. The van der Waals surface area contributed by atoms with Crippen molar-refractivity contribution in [3.05, 3.63) is 0 Å². The first-order valence-electron chi connectivity index (χ1n) is 8.02. The Morgan fingerprint density at radius 2 is 1.55 bits per heavy atom. The van der Waals surface area contributed by atoms with E-state index in [4.69, 9.17) is 0 Å². The summed E-state index contributed by atoms with van der Waals surface area (Å²) in [6.07, 6.45) is 5.26. The smallest absolute Gasteiger partial charge is 0.241 e. The fraction of sp³-hybridized carbons (Fsp3) is 0.733. The van der Waals surface area contributed by atoms with Crippen LogP contribution in [0.15, 0.2) is 0 Å². The number of amides is 4. The van der Waals surface area contributed by atoms with Gasteiger partial charge in [0, 0.05) is 18.9 Å². The van der Waals surface area contributed by atoms with Gasteiger partial charge in [-0.3, -0.25) is 34.9 Å². The molecule has 7 nitrogen and oxygen atoms in total. The summed E-state index contributed by atoms with van der Waals surface area (Å²) in [6.45, 7) is 0.0931. The quantitative estimate of drug-likeness (QED) is 0.569. The fourth-order valence-corrected chi connectivity index (χ4v) is 3.31. The summed E-state index contributed by atoms with van der Waals surface area (Å²) in [4.78, 5) is 48.8. The fourth-order valence-electron chi connectivity index (χ4n) is 3.31. The van der Waals surface area contributed by atoms with Gasteiger partial charge in [-0.05, 0) is 25.7 Å². The summed E-state index contributed by atoms with van der Waals surface area (Å²) in [5.41, 5.74) is 4.70. The molecule has 120 valence electrons. The Labute approximate surface area is 128 Å². The first kappa shape index (κ1) is 15.0. The largest absolute Gasteiger partial charge is 0.282 e. The second-order valence-corrected chi connectivity index (χ2v) is 6.39. The summed E-state index contributed by atoms with van der Waals surface area (Å²) in [5, 5.41) is 0. The van der Waals surface area contributed by atoms with Gasteiger partial charge in [0.15, 0.2) is 0 Å². The molecule has 22 heavy (non-hydrogen) atoms. The molecule has 0 aromatic heterocycles. The van der Waals surface area contributed by atoms with E-state index in [9.17, 15) is 19.2 Å². The Bertz CT molecular complexity index is 491. The van der Waals surface area contributed by atoms with Gasteiger partial charge in [0.25, 0.3) is 0 Å². The normalized spacial score (nSPS) is 27.5. The third kappa shape index (κ3) is 2.98. The first-order valence-corrected chi connectivity index (χ1v) is 8.02. The Hall–Kier alpha value is -1.92. The van der Waals surface area contributed by atoms with Gasteiger partial charge in [-0.2, -0.15) is 0 Å². The van der Waals surface area contributed by atoms with Gasteiger partial charge in [-0.15, -0.1) is 0 Å². The number of likely N-dealkylation sites (tertiary alicyclic amines) is 1. The van der Waals surface area contributed by atoms with Gasteiger partial charge in [0.05, 0.1) is 11.8 Å². The summed E-state index contributed by atoms with van der Waals surface area (Å²) in [5.74, 6) is -1.17. The Balaban J connectivity index is 1.46. The van der Waals surface area contributed by atoms with E-state index in [1.54, 1.807) is 0 Å². The maximum absolute atomic E-state index is 12.2. The molecule has 2 N–H and O–H groups in total. The van der Waals surface area contributed by atoms with Crippen LogP contribution >= 0.6 is 0 Å². The molecule has 0 unspecified atom stereocenters. The van der Waals surface area contributed by atoms with Gasteiger partial charge >= 0.3 is 0 Å². The number of imide groups is 1. The lowest BCUT2D eigenvalue weighted by Gasteiger charge is -2.19. The van der Waals surface area contributed by atoms with Gasteiger partial charge in [0.1, 0.15) is 0 Å². The van der Waals surface area contributed by atoms with Crippen molar-refractivity contribution < 1.29 is 19.2 Å². The SMILES string of the molecule is O=C(CCN1C(=O)[C@H]2CCCC[C@@H]2C1=O)NNC(=O)C1CC1. The zero-order valence-electron chi connectivity index (χ0n) is 12.5. The van der Waals surface area contributed by atoms with Crippen molar-refractivity contribution in [1.82, 2.24) is 15.8 Å². The van der Waals surface area contributed by atoms with Crippen LogP contribution in [0.5, 0.6) is 0 Å². The Morgan fingerprint density at radius 3 is 2.09 bits per heavy atom. The molecule has 4 amide bonds. The molecule has 0 aromatic carbocycles. The molecule has 2 aliphatic carbocycles. The van der Waals surface area contributed by atoms with Crippen molar-refractivity contribution >= 4 is 23.6 Å². The minimum Gasteiger partial charge on any atom is -0.282 e. The van der Waals surface area contributed by atoms with Crippen molar-refractivity contribution in [2.75, 3.05) is 6.54 Å². The third-order valence-corrected chi connectivity index (χ3v) is 4.77. The van der Waals surface area contributed by atoms with E-state index in [1.807, 2.05) is 0 Å². The number of carbonyl (C=O) groups excluding carboxylic acids is 4. The summed E-state index contributed by atoms with van der Waals surface area (Å²) < 4.78 is 0. The zero-order chi connectivity index (χ0) is 15.7. The van der Waals surface area contributed by atoms with E-state index in [2.05, 4.69) is 10.9 Å². The van der Waals surface area contributed by atoms with Crippen LogP contribution in [0.25, 0.3) is 0 Å². The molecule has 1 aliphatic heterocycles. The third-order valence-electron chi connectivity index (χ3n) is 4.77. The van der Waals surface area contributed by atoms with E-state index in [0.717, 1.165) is 38.5 Å². The van der Waals surface area contributed by atoms with Crippen LogP contribution in [0.4, 0.5) is 0 Å². The van der Waals surface area contributed by atoms with Crippen LogP contribution in [0.1, 0.15) is 44.9 Å². The van der Waals surface area contributed by atoms with Crippen molar-refractivity contribution in [2.45, 2.75) is 44.9 Å². The summed E-state index contributed by atoms with van der Waals surface area (Å²) >= 11 is 0. The standard InChI is InChI=1S/C15H21N3O4/c19-12(16-17-13(20)9-5-6-9)7-8-18-14(21)10-3-1-2-4-11(10)15(18)22/h9-11H,1-8H2,(H,16,19)(H,17,20)/t10-,11-/m0/s1. The topological polar surface area (TPSA) is 95.6 Å². The number of hydrogen-bond acceptors (Lipinski definition) is 4. The molecule has 3 fully saturated rings. The van der Waals surface area contributed by atoms with Crippen molar-refractivity contribution in [2.24, 2.45) is 17.8 Å². The second kappa shape index (κ2) is 6.06. The maximum Gasteiger partial charge on any atom is 0.241 e. The van der Waals surface area contributed by atoms with Crippen LogP contribution in [0.3, 0.4) is 0 Å². The van der Waals surface area contributed by atoms with Crippen molar-refractivity contribution in [3.8, 4) is 0 Å². The number of nitrogens with one attached hydrogen (secondary N) is 2. The number of hydrazine groups is 1. The maximum atomic E-state index is 12.2. The minimum atomic E-state index is -0.385. The summed E-state index contributed by atoms with van der Waals surface area (Å²) in [6, 6.07) is 0. The van der Waals surface area contributed by atoms with Crippen LogP contribution < -0.4 is 10.9 Å². The lowest BCUT2D eigenvalue weighted by atomic mass is 9.81. The van der Waals surface area contributed by atoms with Gasteiger partial charge < -0.3 is 0 Å². The molecule has 3 rings (SSSR count). The van der Waals surface area contributed by atoms with Crippen molar-refractivity contribution in [1.29, 1.82) is 0 Å². The van der Waals surface area contributed by atoms with E-state index < -0.39 is 0 Å². The molecule has 0 aromatic rings. The zero-order valence-corrected chi connectivity index (χ0v) is 12.5. The lowest BCUT2D eigenvalue weighted by molar-refractivity contribution is -0.140. The number of nitrogens with zero attached hydrogens (tertiary/aromatic N) is 1. The van der Waals surface area contributed by atoms with E-state index in [0.29, 0.717) is 0 Å². The molecule has 1 saturated heterocycles. The van der Waals surface area contributed by atoms with E-state index in [1.165, 1.54) is 4.90 Å². The molecular formula is C15H21N3O4. The molecule has 0 spiro atoms. The summed E-state index contributed by atoms with van der Waals surface area (Å²) in [7, 11) is 0. The number of hydrogen-bond donors (Lipinski definition) is 2. The lowest BCUT2D eigenvalue weighted by Crippen LogP contribution is -2.44. The van der Waals surface area contributed by atoms with E-state index >= 15 is 0 Å². The predicted octanol–water partition coefficient (Wildman–Crippen LogP) is 0.109. The first-order chi connectivity index (χ1) is 10.6. The minimum absolute atomic E-state index is 0.0157. The number of carbonyl (C=O) groups is 4. The number of rotatable bonds is 4. The van der Waals surface area contributed by atoms with Crippen LogP contribution in [-0.2, 0) is 19.2 Å². The average Bonchev–Trinajstić information content (AvgIpc) is 3.34. The molecule has 2 atom stereocenters. The van der Waals surface area contributed by atoms with E-state index in [-0.39, 0.29) is 54.3 Å². The Morgan fingerprint density at radius 1 is 0.955 bits per heavy atom. The molecule has 0 bridgehead atoms.